The van der Waals surface area contributed by atoms with Crippen LogP contribution in [0.3, 0.4) is 0 Å². The highest BCUT2D eigenvalue weighted by atomic mass is 79.9. The minimum absolute atomic E-state index is 0.387. The molecule has 1 aliphatic heterocycles. The number of carbonyl (C=O) groups excluding carboxylic acids is 2. The molecule has 0 spiro atoms. The molecule has 1 fully saturated rings. The number of rotatable bonds is 4. The first-order chi connectivity index (χ1) is 9.11. The van der Waals surface area contributed by atoms with Gasteiger partial charge >= 0.3 is 11.8 Å². The highest BCUT2D eigenvalue weighted by Crippen LogP contribution is 2.12. The Morgan fingerprint density at radius 2 is 1.89 bits per heavy atom. The molecular weight excluding hydrogens is 310 g/mol. The molecular formula is C13H16BrN3O2. The van der Waals surface area contributed by atoms with Gasteiger partial charge in [-0.1, -0.05) is 6.92 Å². The van der Waals surface area contributed by atoms with Gasteiger partial charge in [0, 0.05) is 30.3 Å². The zero-order chi connectivity index (χ0) is 13.8. The fraction of sp³-hybridized carbons (Fsp3) is 0.462. The van der Waals surface area contributed by atoms with E-state index in [9.17, 15) is 9.59 Å². The molecule has 2 amide bonds. The van der Waals surface area contributed by atoms with Gasteiger partial charge in [0.1, 0.15) is 0 Å². The van der Waals surface area contributed by atoms with Crippen molar-refractivity contribution >= 4 is 27.7 Å². The SMILES string of the molecule is CCCN1CCN(Cc2ccc(Br)cn2)C(=O)C1=O. The molecule has 0 atom stereocenters. The van der Waals surface area contributed by atoms with Gasteiger partial charge in [-0.25, -0.2) is 0 Å². The third-order valence-corrected chi connectivity index (χ3v) is 3.50. The largest absolute Gasteiger partial charge is 0.333 e. The molecule has 0 N–H and O–H groups in total. The summed E-state index contributed by atoms with van der Waals surface area (Å²) in [6, 6.07) is 3.72. The van der Waals surface area contributed by atoms with Crippen LogP contribution in [-0.2, 0) is 16.1 Å². The maximum absolute atomic E-state index is 12.0. The number of amides is 2. The minimum Gasteiger partial charge on any atom is -0.333 e. The summed E-state index contributed by atoms with van der Waals surface area (Å²) in [4.78, 5) is 31.3. The second-order valence-corrected chi connectivity index (χ2v) is 5.40. The van der Waals surface area contributed by atoms with Crippen LogP contribution in [0.4, 0.5) is 0 Å². The Morgan fingerprint density at radius 3 is 2.53 bits per heavy atom. The van der Waals surface area contributed by atoms with E-state index in [0.29, 0.717) is 26.2 Å². The number of hydrogen-bond acceptors (Lipinski definition) is 3. The Morgan fingerprint density at radius 1 is 1.21 bits per heavy atom. The summed E-state index contributed by atoms with van der Waals surface area (Å²) in [5.41, 5.74) is 0.785. The summed E-state index contributed by atoms with van der Waals surface area (Å²) in [5, 5.41) is 0. The van der Waals surface area contributed by atoms with Crippen LogP contribution in [0.25, 0.3) is 0 Å². The molecule has 19 heavy (non-hydrogen) atoms. The number of carbonyl (C=O) groups is 2. The van der Waals surface area contributed by atoms with E-state index in [2.05, 4.69) is 20.9 Å². The van der Waals surface area contributed by atoms with Crippen LogP contribution < -0.4 is 0 Å². The zero-order valence-corrected chi connectivity index (χ0v) is 12.4. The summed E-state index contributed by atoms with van der Waals surface area (Å²) in [5.74, 6) is -0.824. The molecule has 2 rings (SSSR count). The van der Waals surface area contributed by atoms with Crippen molar-refractivity contribution in [3.05, 3.63) is 28.5 Å². The van der Waals surface area contributed by atoms with E-state index in [0.717, 1.165) is 16.6 Å². The number of halogens is 1. The van der Waals surface area contributed by atoms with Crippen molar-refractivity contribution in [1.82, 2.24) is 14.8 Å². The smallest absolute Gasteiger partial charge is 0.312 e. The van der Waals surface area contributed by atoms with Crippen LogP contribution in [-0.4, -0.2) is 46.2 Å². The van der Waals surface area contributed by atoms with Gasteiger partial charge in [0.15, 0.2) is 0 Å². The van der Waals surface area contributed by atoms with E-state index in [-0.39, 0.29) is 0 Å². The summed E-state index contributed by atoms with van der Waals surface area (Å²) < 4.78 is 0.895. The lowest BCUT2D eigenvalue weighted by atomic mass is 10.2. The van der Waals surface area contributed by atoms with Crippen molar-refractivity contribution in [1.29, 1.82) is 0 Å². The molecule has 1 aromatic heterocycles. The standard InChI is InChI=1S/C13H16BrN3O2/c1-2-5-16-6-7-17(13(19)12(16)18)9-11-4-3-10(14)8-15-11/h3-4,8H,2,5-7,9H2,1H3. The molecule has 0 radical (unpaired) electrons. The Hall–Kier alpha value is -1.43. The van der Waals surface area contributed by atoms with Crippen molar-refractivity contribution in [2.24, 2.45) is 0 Å². The Labute approximate surface area is 120 Å². The lowest BCUT2D eigenvalue weighted by Crippen LogP contribution is -2.54. The van der Waals surface area contributed by atoms with Crippen LogP contribution in [0.2, 0.25) is 0 Å². The van der Waals surface area contributed by atoms with Crippen LogP contribution in [0.1, 0.15) is 19.0 Å². The Bertz CT molecular complexity index is 475. The van der Waals surface area contributed by atoms with Crippen LogP contribution in [0.15, 0.2) is 22.8 Å². The van der Waals surface area contributed by atoms with Crippen molar-refractivity contribution in [3.63, 3.8) is 0 Å². The second kappa shape index (κ2) is 6.14. The maximum atomic E-state index is 12.0. The zero-order valence-electron chi connectivity index (χ0n) is 10.8. The third kappa shape index (κ3) is 3.32. The van der Waals surface area contributed by atoms with Crippen molar-refractivity contribution in [2.45, 2.75) is 19.9 Å². The van der Waals surface area contributed by atoms with Crippen LogP contribution >= 0.6 is 15.9 Å². The van der Waals surface area contributed by atoms with Gasteiger partial charge in [0.05, 0.1) is 12.2 Å². The average Bonchev–Trinajstić information content (AvgIpc) is 2.41. The van der Waals surface area contributed by atoms with Gasteiger partial charge in [-0.3, -0.25) is 14.6 Å². The summed E-state index contributed by atoms with van der Waals surface area (Å²) in [6.07, 6.45) is 2.56. The van der Waals surface area contributed by atoms with Gasteiger partial charge in [0.2, 0.25) is 0 Å². The van der Waals surface area contributed by atoms with Gasteiger partial charge in [-0.15, -0.1) is 0 Å². The highest BCUT2D eigenvalue weighted by Gasteiger charge is 2.31. The minimum atomic E-state index is -0.426. The maximum Gasteiger partial charge on any atom is 0.312 e. The lowest BCUT2D eigenvalue weighted by molar-refractivity contribution is -0.156. The Balaban J connectivity index is 2.01. The van der Waals surface area contributed by atoms with Gasteiger partial charge in [-0.05, 0) is 34.5 Å². The molecule has 0 bridgehead atoms. The van der Waals surface area contributed by atoms with Crippen molar-refractivity contribution in [3.8, 4) is 0 Å². The first kappa shape index (κ1) is 14.0. The van der Waals surface area contributed by atoms with Crippen LogP contribution in [0.5, 0.6) is 0 Å². The predicted molar refractivity (Wildman–Crippen MR) is 74.2 cm³/mol. The Kier molecular flexibility index (Phi) is 4.52. The number of hydrogen-bond donors (Lipinski definition) is 0. The van der Waals surface area contributed by atoms with Gasteiger partial charge < -0.3 is 9.80 Å². The molecule has 1 aromatic rings. The summed E-state index contributed by atoms with van der Waals surface area (Å²) in [7, 11) is 0. The highest BCUT2D eigenvalue weighted by molar-refractivity contribution is 9.10. The van der Waals surface area contributed by atoms with E-state index in [4.69, 9.17) is 0 Å². The molecule has 0 saturated carbocycles. The number of pyridine rings is 1. The molecule has 6 heteroatoms. The van der Waals surface area contributed by atoms with Gasteiger partial charge in [0.25, 0.3) is 0 Å². The monoisotopic (exact) mass is 325 g/mol. The van der Waals surface area contributed by atoms with E-state index in [1.54, 1.807) is 16.0 Å². The predicted octanol–water partition coefficient (Wildman–Crippen LogP) is 1.42. The summed E-state index contributed by atoms with van der Waals surface area (Å²) in [6.45, 7) is 4.21. The molecule has 102 valence electrons. The van der Waals surface area contributed by atoms with Crippen molar-refractivity contribution in [2.75, 3.05) is 19.6 Å². The average molecular weight is 326 g/mol. The van der Waals surface area contributed by atoms with Crippen molar-refractivity contribution < 1.29 is 9.59 Å². The fourth-order valence-corrected chi connectivity index (χ4v) is 2.28. The third-order valence-electron chi connectivity index (χ3n) is 3.03. The number of piperazine rings is 1. The quantitative estimate of drug-likeness (QED) is 0.787. The molecule has 1 aliphatic rings. The number of aromatic nitrogens is 1. The molecule has 1 saturated heterocycles. The fourth-order valence-electron chi connectivity index (χ4n) is 2.04. The normalized spacial score (nSPS) is 16.1. The molecule has 0 aromatic carbocycles. The molecule has 0 aliphatic carbocycles. The van der Waals surface area contributed by atoms with E-state index >= 15 is 0 Å². The first-order valence-corrected chi connectivity index (χ1v) is 7.09. The molecule has 5 nitrogen and oxygen atoms in total. The van der Waals surface area contributed by atoms with E-state index in [1.807, 2.05) is 19.1 Å². The second-order valence-electron chi connectivity index (χ2n) is 4.49. The molecule has 0 unspecified atom stereocenters. The van der Waals surface area contributed by atoms with E-state index < -0.39 is 11.8 Å². The van der Waals surface area contributed by atoms with Gasteiger partial charge in [-0.2, -0.15) is 0 Å². The number of nitrogens with zero attached hydrogens (tertiary/aromatic N) is 3. The topological polar surface area (TPSA) is 53.5 Å². The lowest BCUT2D eigenvalue weighted by Gasteiger charge is -2.33. The first-order valence-electron chi connectivity index (χ1n) is 6.30. The molecule has 2 heterocycles. The summed E-state index contributed by atoms with van der Waals surface area (Å²) >= 11 is 3.31. The van der Waals surface area contributed by atoms with Crippen LogP contribution in [0, 0.1) is 0 Å². The van der Waals surface area contributed by atoms with E-state index in [1.165, 1.54) is 0 Å².